The van der Waals surface area contributed by atoms with Crippen LogP contribution in [0, 0.1) is 4.64 Å². The molecule has 7 heteroatoms. The van der Waals surface area contributed by atoms with Gasteiger partial charge in [0.15, 0.2) is 5.82 Å². The van der Waals surface area contributed by atoms with E-state index in [1.807, 2.05) is 19.3 Å². The molecule has 3 aromatic heterocycles. The first-order chi connectivity index (χ1) is 8.72. The monoisotopic (exact) mass is 275 g/mol. The molecule has 0 amide bonds. The average Bonchev–Trinajstić information content (AvgIpc) is 2.98. The van der Waals surface area contributed by atoms with E-state index in [4.69, 9.17) is 12.2 Å². The minimum absolute atomic E-state index is 0.552. The molecule has 0 aliphatic rings. The molecule has 0 saturated carbocycles. The highest BCUT2D eigenvalue weighted by molar-refractivity contribution is 7.71. The molecule has 0 aliphatic carbocycles. The summed E-state index contributed by atoms with van der Waals surface area (Å²) in [5, 5.41) is 4.15. The third-order valence-electron chi connectivity index (χ3n) is 2.42. The number of nitrogens with zero attached hydrogens (tertiary/aromatic N) is 4. The highest BCUT2D eigenvalue weighted by Gasteiger charge is 2.06. The van der Waals surface area contributed by atoms with Crippen molar-refractivity contribution < 1.29 is 0 Å². The van der Waals surface area contributed by atoms with E-state index in [2.05, 4.69) is 20.1 Å². The Labute approximate surface area is 112 Å². The highest BCUT2D eigenvalue weighted by Crippen LogP contribution is 2.23. The molecule has 0 aliphatic heterocycles. The number of nitrogens with one attached hydrogen (secondary N) is 1. The van der Waals surface area contributed by atoms with E-state index in [1.54, 1.807) is 22.6 Å². The Bertz CT molecular complexity index is 726. The molecule has 0 saturated heterocycles. The topological polar surface area (TPSA) is 59.4 Å². The third kappa shape index (κ3) is 2.09. The van der Waals surface area contributed by atoms with E-state index >= 15 is 0 Å². The van der Waals surface area contributed by atoms with E-state index in [0.29, 0.717) is 4.64 Å². The van der Waals surface area contributed by atoms with Crippen molar-refractivity contribution in [3.8, 4) is 22.0 Å². The van der Waals surface area contributed by atoms with Crippen molar-refractivity contribution in [2.24, 2.45) is 7.05 Å². The molecular weight excluding hydrogens is 266 g/mol. The second-order valence-electron chi connectivity index (χ2n) is 3.75. The van der Waals surface area contributed by atoms with Gasteiger partial charge >= 0.3 is 0 Å². The maximum atomic E-state index is 5.19. The molecule has 0 spiro atoms. The van der Waals surface area contributed by atoms with E-state index in [-0.39, 0.29) is 0 Å². The van der Waals surface area contributed by atoms with E-state index in [9.17, 15) is 0 Å². The van der Waals surface area contributed by atoms with Gasteiger partial charge in [-0.3, -0.25) is 9.67 Å². The number of aromatic amines is 1. The molecule has 0 aromatic carbocycles. The SMILES string of the molecule is Cn1cc(-c2cc(=S)nc(-c3cncs3)[nH]2)cn1. The molecule has 0 fully saturated rings. The molecule has 90 valence electrons. The quantitative estimate of drug-likeness (QED) is 0.730. The maximum Gasteiger partial charge on any atom is 0.151 e. The first kappa shape index (κ1) is 11.2. The smallest absolute Gasteiger partial charge is 0.151 e. The molecule has 0 atom stereocenters. The van der Waals surface area contributed by atoms with Gasteiger partial charge in [0, 0.05) is 25.0 Å². The van der Waals surface area contributed by atoms with Gasteiger partial charge in [-0.1, -0.05) is 12.2 Å². The number of hydrogen-bond acceptors (Lipinski definition) is 5. The normalized spacial score (nSPS) is 10.7. The molecule has 1 N–H and O–H groups in total. The summed E-state index contributed by atoms with van der Waals surface area (Å²) >= 11 is 6.72. The Morgan fingerprint density at radius 1 is 1.39 bits per heavy atom. The Balaban J connectivity index is 2.15. The van der Waals surface area contributed by atoms with Crippen molar-refractivity contribution >= 4 is 23.6 Å². The number of aryl methyl sites for hydroxylation is 1. The standard InChI is InChI=1S/C11H9N5S2/c1-16-5-7(3-13-16)8-2-10(17)15-11(14-8)9-4-12-6-18-9/h2-6H,1H3,(H,14,15,17). The summed E-state index contributed by atoms with van der Waals surface area (Å²) in [6.07, 6.45) is 5.49. The lowest BCUT2D eigenvalue weighted by molar-refractivity contribution is 0.768. The van der Waals surface area contributed by atoms with Crippen LogP contribution in [0.2, 0.25) is 0 Å². The van der Waals surface area contributed by atoms with E-state index in [0.717, 1.165) is 22.0 Å². The Morgan fingerprint density at radius 3 is 2.94 bits per heavy atom. The molecule has 5 nitrogen and oxygen atoms in total. The van der Waals surface area contributed by atoms with Gasteiger partial charge in [0.05, 0.1) is 22.3 Å². The van der Waals surface area contributed by atoms with Gasteiger partial charge in [-0.15, -0.1) is 11.3 Å². The number of rotatable bonds is 2. The van der Waals surface area contributed by atoms with Gasteiger partial charge in [-0.25, -0.2) is 4.98 Å². The Kier molecular flexibility index (Phi) is 2.77. The molecule has 3 rings (SSSR count). The summed E-state index contributed by atoms with van der Waals surface area (Å²) in [4.78, 5) is 12.6. The molecule has 3 heterocycles. The van der Waals surface area contributed by atoms with Crippen molar-refractivity contribution in [2.45, 2.75) is 0 Å². The summed E-state index contributed by atoms with van der Waals surface area (Å²) in [6, 6.07) is 1.83. The van der Waals surface area contributed by atoms with Crippen LogP contribution in [0.25, 0.3) is 22.0 Å². The van der Waals surface area contributed by atoms with Gasteiger partial charge in [0.25, 0.3) is 0 Å². The van der Waals surface area contributed by atoms with Gasteiger partial charge < -0.3 is 4.98 Å². The summed E-state index contributed by atoms with van der Waals surface area (Å²) in [7, 11) is 1.88. The van der Waals surface area contributed by atoms with Crippen molar-refractivity contribution in [1.29, 1.82) is 0 Å². The van der Waals surface area contributed by atoms with Crippen LogP contribution in [0.15, 0.2) is 30.2 Å². The predicted octanol–water partition coefficient (Wildman–Crippen LogP) is 2.66. The van der Waals surface area contributed by atoms with Crippen molar-refractivity contribution in [2.75, 3.05) is 0 Å². The Morgan fingerprint density at radius 2 is 2.28 bits per heavy atom. The lowest BCUT2D eigenvalue weighted by Gasteiger charge is -2.01. The van der Waals surface area contributed by atoms with Crippen LogP contribution in [-0.4, -0.2) is 24.7 Å². The van der Waals surface area contributed by atoms with Crippen molar-refractivity contribution in [3.63, 3.8) is 0 Å². The summed E-state index contributed by atoms with van der Waals surface area (Å²) < 4.78 is 2.30. The molecule has 18 heavy (non-hydrogen) atoms. The second-order valence-corrected chi connectivity index (χ2v) is 5.05. The van der Waals surface area contributed by atoms with Crippen LogP contribution in [0.5, 0.6) is 0 Å². The largest absolute Gasteiger partial charge is 0.338 e. The minimum Gasteiger partial charge on any atom is -0.338 e. The highest BCUT2D eigenvalue weighted by atomic mass is 32.1. The van der Waals surface area contributed by atoms with Gasteiger partial charge in [-0.2, -0.15) is 5.10 Å². The Hall–Kier alpha value is -1.86. The molecule has 3 aromatic rings. The van der Waals surface area contributed by atoms with Crippen LogP contribution in [-0.2, 0) is 7.05 Å². The zero-order valence-electron chi connectivity index (χ0n) is 9.49. The lowest BCUT2D eigenvalue weighted by atomic mass is 10.2. The van der Waals surface area contributed by atoms with Crippen molar-refractivity contribution in [1.82, 2.24) is 24.7 Å². The minimum atomic E-state index is 0.552. The van der Waals surface area contributed by atoms with Crippen LogP contribution < -0.4 is 0 Å². The fourth-order valence-corrected chi connectivity index (χ4v) is 2.40. The van der Waals surface area contributed by atoms with Gasteiger partial charge in [-0.05, 0) is 6.07 Å². The lowest BCUT2D eigenvalue weighted by Crippen LogP contribution is -1.91. The number of H-pyrrole nitrogens is 1. The summed E-state index contributed by atoms with van der Waals surface area (Å²) in [5.74, 6) is 0.740. The summed E-state index contributed by atoms with van der Waals surface area (Å²) in [6.45, 7) is 0. The second kappa shape index (κ2) is 4.43. The average molecular weight is 275 g/mol. The van der Waals surface area contributed by atoms with Crippen molar-refractivity contribution in [3.05, 3.63) is 34.8 Å². The van der Waals surface area contributed by atoms with Crippen LogP contribution in [0.4, 0.5) is 0 Å². The molecule has 0 radical (unpaired) electrons. The maximum absolute atomic E-state index is 5.19. The molecule has 0 bridgehead atoms. The van der Waals surface area contributed by atoms with E-state index in [1.165, 1.54) is 11.3 Å². The van der Waals surface area contributed by atoms with E-state index < -0.39 is 0 Å². The third-order valence-corrected chi connectivity index (χ3v) is 3.41. The molecule has 0 unspecified atom stereocenters. The van der Waals surface area contributed by atoms with Crippen LogP contribution in [0.1, 0.15) is 0 Å². The molecular formula is C11H9N5S2. The summed E-state index contributed by atoms with van der Waals surface area (Å²) in [5.41, 5.74) is 3.66. The zero-order valence-corrected chi connectivity index (χ0v) is 11.1. The predicted molar refractivity (Wildman–Crippen MR) is 72.7 cm³/mol. The van der Waals surface area contributed by atoms with Crippen LogP contribution >= 0.6 is 23.6 Å². The van der Waals surface area contributed by atoms with Gasteiger partial charge in [0.1, 0.15) is 4.64 Å². The first-order valence-electron chi connectivity index (χ1n) is 5.21. The first-order valence-corrected chi connectivity index (χ1v) is 6.50. The number of thiazole rings is 1. The number of aromatic nitrogens is 5. The number of hydrogen-bond donors (Lipinski definition) is 1. The van der Waals surface area contributed by atoms with Gasteiger partial charge in [0.2, 0.25) is 0 Å². The fourth-order valence-electron chi connectivity index (χ4n) is 1.62. The zero-order chi connectivity index (χ0) is 12.5. The fraction of sp³-hybridized carbons (Fsp3) is 0.0909. The van der Waals surface area contributed by atoms with Crippen LogP contribution in [0.3, 0.4) is 0 Å².